The van der Waals surface area contributed by atoms with Crippen LogP contribution in [0.3, 0.4) is 0 Å². The van der Waals surface area contributed by atoms with Gasteiger partial charge in [-0.1, -0.05) is 0 Å². The van der Waals surface area contributed by atoms with Crippen LogP contribution in [0.25, 0.3) is 0 Å². The molecule has 5 nitrogen and oxygen atoms in total. The van der Waals surface area contributed by atoms with Crippen molar-refractivity contribution in [1.29, 1.82) is 5.26 Å². The van der Waals surface area contributed by atoms with Crippen molar-refractivity contribution in [3.05, 3.63) is 5.89 Å². The second-order valence-corrected chi connectivity index (χ2v) is 3.07. The Labute approximate surface area is 75.7 Å². The van der Waals surface area contributed by atoms with E-state index in [9.17, 15) is 0 Å². The smallest absolute Gasteiger partial charge is 0.263 e. The van der Waals surface area contributed by atoms with Gasteiger partial charge in [0.2, 0.25) is 5.89 Å². The molecule has 1 heterocycles. The van der Waals surface area contributed by atoms with Crippen molar-refractivity contribution in [3.8, 4) is 6.07 Å². The van der Waals surface area contributed by atoms with Crippen molar-refractivity contribution in [1.82, 2.24) is 10.1 Å². The van der Waals surface area contributed by atoms with Gasteiger partial charge < -0.3 is 9.84 Å². The molecular weight excluding hydrogens is 168 g/mol. The molecule has 1 aromatic rings. The zero-order valence-corrected chi connectivity index (χ0v) is 7.16. The summed E-state index contributed by atoms with van der Waals surface area (Å²) in [5.74, 6) is 1.70. The quantitative estimate of drug-likeness (QED) is 0.703. The van der Waals surface area contributed by atoms with Gasteiger partial charge in [0.1, 0.15) is 0 Å². The number of nitrogens with zero attached hydrogens (tertiary/aromatic N) is 3. The number of nitriles is 1. The molecule has 0 atom stereocenters. The second kappa shape index (κ2) is 3.44. The topological polar surface area (TPSA) is 74.7 Å². The molecule has 0 aliphatic heterocycles. The molecule has 68 valence electrons. The van der Waals surface area contributed by atoms with Crippen LogP contribution < -0.4 is 5.32 Å². The molecule has 1 aliphatic carbocycles. The van der Waals surface area contributed by atoms with Crippen molar-refractivity contribution >= 4 is 5.95 Å². The van der Waals surface area contributed by atoms with Gasteiger partial charge in [0.05, 0.1) is 12.5 Å². The van der Waals surface area contributed by atoms with Gasteiger partial charge in [0.25, 0.3) is 5.95 Å². The molecule has 5 heteroatoms. The van der Waals surface area contributed by atoms with Gasteiger partial charge in [-0.25, -0.2) is 0 Å². The number of rotatable bonds is 4. The third-order valence-corrected chi connectivity index (χ3v) is 1.89. The van der Waals surface area contributed by atoms with Crippen LogP contribution in [0.15, 0.2) is 4.52 Å². The van der Waals surface area contributed by atoms with Crippen LogP contribution in [-0.4, -0.2) is 16.7 Å². The van der Waals surface area contributed by atoms with Crippen molar-refractivity contribution < 1.29 is 4.52 Å². The minimum Gasteiger partial charge on any atom is -0.351 e. The highest BCUT2D eigenvalue weighted by Crippen LogP contribution is 2.39. The molecule has 0 saturated heterocycles. The van der Waals surface area contributed by atoms with Crippen LogP contribution in [0.2, 0.25) is 0 Å². The van der Waals surface area contributed by atoms with Crippen LogP contribution in [0.5, 0.6) is 0 Å². The van der Waals surface area contributed by atoms with Gasteiger partial charge in [0.15, 0.2) is 0 Å². The highest BCUT2D eigenvalue weighted by atomic mass is 16.5. The number of nitrogens with one attached hydrogen (secondary N) is 1. The standard InChI is InChI=1S/C8H10N4O/c9-4-1-5-10-8-11-7(13-12-8)6-2-3-6/h6H,1-3,5H2,(H,10,12). The fraction of sp³-hybridized carbons (Fsp3) is 0.625. The molecule has 1 fully saturated rings. The number of hydrogen-bond acceptors (Lipinski definition) is 5. The van der Waals surface area contributed by atoms with E-state index in [2.05, 4.69) is 15.5 Å². The Kier molecular flexibility index (Phi) is 2.13. The lowest BCUT2D eigenvalue weighted by Crippen LogP contribution is -2.01. The van der Waals surface area contributed by atoms with Gasteiger partial charge in [-0.15, -0.1) is 0 Å². The molecule has 1 aromatic heterocycles. The van der Waals surface area contributed by atoms with E-state index in [1.165, 1.54) is 0 Å². The lowest BCUT2D eigenvalue weighted by Gasteiger charge is -1.92. The predicted molar refractivity (Wildman–Crippen MR) is 45.0 cm³/mol. The van der Waals surface area contributed by atoms with Crippen LogP contribution in [0, 0.1) is 11.3 Å². The summed E-state index contributed by atoms with van der Waals surface area (Å²) in [5.41, 5.74) is 0. The number of anilines is 1. The first kappa shape index (κ1) is 8.05. The summed E-state index contributed by atoms with van der Waals surface area (Å²) in [4.78, 5) is 4.15. The van der Waals surface area contributed by atoms with E-state index >= 15 is 0 Å². The van der Waals surface area contributed by atoms with Crippen LogP contribution >= 0.6 is 0 Å². The lowest BCUT2D eigenvalue weighted by molar-refractivity contribution is 0.380. The maximum atomic E-state index is 8.29. The average Bonchev–Trinajstić information content (AvgIpc) is 2.88. The van der Waals surface area contributed by atoms with Gasteiger partial charge in [0, 0.05) is 12.5 Å². The summed E-state index contributed by atoms with van der Waals surface area (Å²) in [6.45, 7) is 0.570. The normalized spacial score (nSPS) is 15.3. The molecule has 0 amide bonds. The highest BCUT2D eigenvalue weighted by molar-refractivity contribution is 5.22. The van der Waals surface area contributed by atoms with Gasteiger partial charge in [-0.05, 0) is 18.0 Å². The molecule has 0 spiro atoms. The lowest BCUT2D eigenvalue weighted by atomic mass is 10.4. The Morgan fingerprint density at radius 3 is 3.15 bits per heavy atom. The molecule has 0 aromatic carbocycles. The monoisotopic (exact) mass is 178 g/mol. The first-order chi connectivity index (χ1) is 6.40. The van der Waals surface area contributed by atoms with Crippen LogP contribution in [0.4, 0.5) is 5.95 Å². The van der Waals surface area contributed by atoms with Gasteiger partial charge in [-0.2, -0.15) is 10.2 Å². The Morgan fingerprint density at radius 1 is 1.62 bits per heavy atom. The van der Waals surface area contributed by atoms with Crippen molar-refractivity contribution in [3.63, 3.8) is 0 Å². The fourth-order valence-corrected chi connectivity index (χ4v) is 1.03. The van der Waals surface area contributed by atoms with Crippen molar-refractivity contribution in [2.24, 2.45) is 0 Å². The molecule has 2 rings (SSSR count). The zero-order valence-electron chi connectivity index (χ0n) is 7.16. The molecule has 0 radical (unpaired) electrons. The molecular formula is C8H10N4O. The average molecular weight is 178 g/mol. The number of hydrogen-bond donors (Lipinski definition) is 1. The van der Waals surface area contributed by atoms with E-state index in [0.29, 0.717) is 24.8 Å². The predicted octanol–water partition coefficient (Wildman–Crippen LogP) is 1.27. The summed E-state index contributed by atoms with van der Waals surface area (Å²) in [6.07, 6.45) is 2.76. The van der Waals surface area contributed by atoms with E-state index in [-0.39, 0.29) is 0 Å². The molecule has 1 N–H and O–H groups in total. The summed E-state index contributed by atoms with van der Waals surface area (Å²) in [7, 11) is 0. The first-order valence-corrected chi connectivity index (χ1v) is 4.34. The van der Waals surface area contributed by atoms with E-state index in [4.69, 9.17) is 9.78 Å². The summed E-state index contributed by atoms with van der Waals surface area (Å²) >= 11 is 0. The minimum absolute atomic E-state index is 0.452. The van der Waals surface area contributed by atoms with Gasteiger partial charge in [-0.3, -0.25) is 0 Å². The first-order valence-electron chi connectivity index (χ1n) is 4.34. The van der Waals surface area contributed by atoms with E-state index in [0.717, 1.165) is 18.7 Å². The molecule has 1 saturated carbocycles. The molecule has 0 unspecified atom stereocenters. The SMILES string of the molecule is N#CCCNc1noc(C2CC2)n1. The second-order valence-electron chi connectivity index (χ2n) is 3.07. The third kappa shape index (κ3) is 1.96. The van der Waals surface area contributed by atoms with E-state index in [1.807, 2.05) is 6.07 Å². The van der Waals surface area contributed by atoms with Crippen LogP contribution in [0.1, 0.15) is 31.1 Å². The summed E-state index contributed by atoms with van der Waals surface area (Å²) in [5, 5.41) is 14.9. The fourth-order valence-electron chi connectivity index (χ4n) is 1.03. The molecule has 0 bridgehead atoms. The summed E-state index contributed by atoms with van der Waals surface area (Å²) < 4.78 is 5.01. The van der Waals surface area contributed by atoms with E-state index < -0.39 is 0 Å². The maximum Gasteiger partial charge on any atom is 0.263 e. The Hall–Kier alpha value is -1.57. The Morgan fingerprint density at radius 2 is 2.46 bits per heavy atom. The molecule has 13 heavy (non-hydrogen) atoms. The Balaban J connectivity index is 1.86. The maximum absolute atomic E-state index is 8.29. The zero-order chi connectivity index (χ0) is 9.10. The minimum atomic E-state index is 0.452. The molecule has 1 aliphatic rings. The van der Waals surface area contributed by atoms with Crippen molar-refractivity contribution in [2.45, 2.75) is 25.2 Å². The Bertz CT molecular complexity index is 323. The van der Waals surface area contributed by atoms with Gasteiger partial charge >= 0.3 is 0 Å². The number of aromatic nitrogens is 2. The summed E-state index contributed by atoms with van der Waals surface area (Å²) in [6, 6.07) is 2.03. The van der Waals surface area contributed by atoms with Crippen molar-refractivity contribution in [2.75, 3.05) is 11.9 Å². The third-order valence-electron chi connectivity index (χ3n) is 1.89. The van der Waals surface area contributed by atoms with Crippen LogP contribution in [-0.2, 0) is 0 Å². The highest BCUT2D eigenvalue weighted by Gasteiger charge is 2.29. The largest absolute Gasteiger partial charge is 0.351 e. The van der Waals surface area contributed by atoms with E-state index in [1.54, 1.807) is 0 Å².